The van der Waals surface area contributed by atoms with Gasteiger partial charge in [-0.1, -0.05) is 0 Å². The van der Waals surface area contributed by atoms with Crippen LogP contribution in [0, 0.1) is 0 Å². The van der Waals surface area contributed by atoms with Gasteiger partial charge in [0.15, 0.2) is 0 Å². The van der Waals surface area contributed by atoms with Crippen LogP contribution in [0.1, 0.15) is 6.92 Å². The number of hydrogen-bond donors (Lipinski definition) is 0. The third-order valence-corrected chi connectivity index (χ3v) is 2.63. The maximum atomic E-state index is 10.5. The maximum Gasteiger partial charge on any atom is 0.316 e. The number of hydrogen-bond acceptors (Lipinski definition) is 2. The fraction of sp³-hybridized carbons (Fsp3) is 0.400. The largest absolute Gasteiger partial charge is 0.459 e. The van der Waals surface area contributed by atoms with Crippen LogP contribution in [0.15, 0.2) is 10.0 Å². The quantitative estimate of drug-likeness (QED) is 0.321. The van der Waals surface area contributed by atoms with Gasteiger partial charge in [-0.2, -0.15) is 0 Å². The lowest BCUT2D eigenvalue weighted by Crippen LogP contribution is -1.97. The van der Waals surface area contributed by atoms with E-state index in [1.165, 1.54) is 0 Å². The lowest BCUT2D eigenvalue weighted by Gasteiger charge is -1.86. The van der Waals surface area contributed by atoms with E-state index >= 15 is 0 Å². The van der Waals surface area contributed by atoms with Crippen LogP contribution < -0.4 is 0 Å². The van der Waals surface area contributed by atoms with Crippen molar-refractivity contribution >= 4 is 22.3 Å². The molecule has 0 spiro atoms. The molecule has 0 amide bonds. The average Bonchev–Trinajstić information content (AvgIpc) is 1.98. The van der Waals surface area contributed by atoms with Gasteiger partial charge >= 0.3 is 5.97 Å². The second kappa shape index (κ2) is 1.93. The van der Waals surface area contributed by atoms with E-state index in [0.29, 0.717) is 6.61 Å². The molecule has 0 aliphatic carbocycles. The number of rotatable bonds is 0. The zero-order valence-electron chi connectivity index (χ0n) is 5.02. The number of ether oxygens (including phenoxy) is 1. The molecule has 0 N–H and O–H groups in total. The molecule has 0 fully saturated rings. The SMILES string of the molecule is CC1=[C]([AlH2])C(=O)OC1. The summed E-state index contributed by atoms with van der Waals surface area (Å²) in [5, 5.41) is 0. The molecule has 0 aromatic carbocycles. The Kier molecular flexibility index (Phi) is 1.41. The molecule has 8 heavy (non-hydrogen) atoms. The first-order chi connectivity index (χ1) is 3.72. The molecule has 0 atom stereocenters. The van der Waals surface area contributed by atoms with Crippen molar-refractivity contribution in [1.82, 2.24) is 0 Å². The van der Waals surface area contributed by atoms with Crippen molar-refractivity contribution in [2.45, 2.75) is 6.92 Å². The monoisotopic (exact) mass is 126 g/mol. The van der Waals surface area contributed by atoms with E-state index in [1.54, 1.807) is 0 Å². The van der Waals surface area contributed by atoms with Crippen LogP contribution in [0.4, 0.5) is 0 Å². The van der Waals surface area contributed by atoms with E-state index in [1.807, 2.05) is 6.92 Å². The Morgan fingerprint density at radius 2 is 2.38 bits per heavy atom. The van der Waals surface area contributed by atoms with Crippen LogP contribution >= 0.6 is 0 Å². The number of esters is 1. The minimum Gasteiger partial charge on any atom is -0.459 e. The van der Waals surface area contributed by atoms with E-state index in [0.717, 1.165) is 26.3 Å². The second-order valence-electron chi connectivity index (χ2n) is 1.98. The zero-order chi connectivity index (χ0) is 6.15. The minimum atomic E-state index is -0.103. The van der Waals surface area contributed by atoms with E-state index in [4.69, 9.17) is 4.74 Å². The highest BCUT2D eigenvalue weighted by atomic mass is 27.0. The van der Waals surface area contributed by atoms with Gasteiger partial charge in [0.05, 0.1) is 0 Å². The van der Waals surface area contributed by atoms with E-state index in [9.17, 15) is 4.79 Å². The molecule has 0 aromatic rings. The van der Waals surface area contributed by atoms with Gasteiger partial charge in [0.1, 0.15) is 6.61 Å². The number of carbonyl (C=O) groups excluding carboxylic acids is 1. The molecular weight excluding hydrogens is 119 g/mol. The molecule has 1 rings (SSSR count). The van der Waals surface area contributed by atoms with Crippen molar-refractivity contribution in [3.63, 3.8) is 0 Å². The van der Waals surface area contributed by atoms with Crippen molar-refractivity contribution in [1.29, 1.82) is 0 Å². The Morgan fingerprint density at radius 3 is 2.50 bits per heavy atom. The van der Waals surface area contributed by atoms with E-state index < -0.39 is 0 Å². The van der Waals surface area contributed by atoms with Crippen LogP contribution in [0.3, 0.4) is 0 Å². The molecule has 0 saturated heterocycles. The molecule has 0 radical (unpaired) electrons. The molecule has 3 heteroatoms. The molecule has 0 bridgehead atoms. The summed E-state index contributed by atoms with van der Waals surface area (Å²) in [5.74, 6) is -0.103. The highest BCUT2D eigenvalue weighted by molar-refractivity contribution is 6.36. The Labute approximate surface area is 55.9 Å². The summed E-state index contributed by atoms with van der Waals surface area (Å²) in [6.45, 7) is 2.46. The standard InChI is InChI=1S/C5H5O2.Al.2H/c1-4-2-5(6)7-3-4;;;/h3H2,1H3;;;. The van der Waals surface area contributed by atoms with Crippen molar-refractivity contribution in [3.8, 4) is 0 Å². The van der Waals surface area contributed by atoms with Gasteiger partial charge in [-0.05, 0) is 16.9 Å². The van der Waals surface area contributed by atoms with Crippen LogP contribution in [0.25, 0.3) is 0 Å². The van der Waals surface area contributed by atoms with Gasteiger partial charge in [0.2, 0.25) is 0 Å². The molecule has 2 nitrogen and oxygen atoms in total. The summed E-state index contributed by atoms with van der Waals surface area (Å²) < 4.78 is 5.61. The van der Waals surface area contributed by atoms with E-state index in [2.05, 4.69) is 0 Å². The lowest BCUT2D eigenvalue weighted by molar-refractivity contribution is -0.135. The number of carbonyl (C=O) groups is 1. The minimum absolute atomic E-state index is 0.103. The van der Waals surface area contributed by atoms with E-state index in [-0.39, 0.29) is 5.97 Å². The molecule has 42 valence electrons. The second-order valence-corrected chi connectivity index (χ2v) is 2.98. The van der Waals surface area contributed by atoms with Gasteiger partial charge in [-0.15, -0.1) is 0 Å². The Balaban J connectivity index is 2.86. The maximum absolute atomic E-state index is 10.5. The Bertz CT molecular complexity index is 160. The normalized spacial score (nSPS) is 19.4. The van der Waals surface area contributed by atoms with Crippen molar-refractivity contribution < 1.29 is 9.53 Å². The summed E-state index contributed by atoms with van der Waals surface area (Å²) in [5.41, 5.74) is 1.11. The Hall–Kier alpha value is -0.258. The van der Waals surface area contributed by atoms with Crippen LogP contribution in [-0.4, -0.2) is 28.9 Å². The van der Waals surface area contributed by atoms with Crippen molar-refractivity contribution in [2.24, 2.45) is 0 Å². The molecule has 1 heterocycles. The smallest absolute Gasteiger partial charge is 0.316 e. The molecule has 1 aliphatic heterocycles. The molecule has 0 saturated carbocycles. The topological polar surface area (TPSA) is 26.3 Å². The summed E-state index contributed by atoms with van der Waals surface area (Å²) in [4.78, 5) is 10.5. The highest BCUT2D eigenvalue weighted by Gasteiger charge is 2.15. The lowest BCUT2D eigenvalue weighted by atomic mass is 10.3. The summed E-state index contributed by atoms with van der Waals surface area (Å²) in [6, 6.07) is 0. The zero-order valence-corrected chi connectivity index (χ0v) is 7.02. The molecular formula is C5H7AlO2. The van der Waals surface area contributed by atoms with Crippen LogP contribution in [0.5, 0.6) is 0 Å². The molecule has 0 unspecified atom stereocenters. The summed E-state index contributed by atoms with van der Waals surface area (Å²) >= 11 is 0.826. The fourth-order valence-corrected chi connectivity index (χ4v) is 0.853. The van der Waals surface area contributed by atoms with Crippen molar-refractivity contribution in [2.75, 3.05) is 6.61 Å². The first-order valence-electron chi connectivity index (χ1n) is 2.55. The predicted octanol–water partition coefficient (Wildman–Crippen LogP) is -0.550. The third-order valence-electron chi connectivity index (χ3n) is 1.37. The summed E-state index contributed by atoms with van der Waals surface area (Å²) in [6.07, 6.45) is 0. The van der Waals surface area contributed by atoms with Crippen LogP contribution in [0.2, 0.25) is 0 Å². The van der Waals surface area contributed by atoms with Crippen molar-refractivity contribution in [3.05, 3.63) is 10.0 Å². The third kappa shape index (κ3) is 0.795. The van der Waals surface area contributed by atoms with Gasteiger partial charge in [-0.3, -0.25) is 0 Å². The molecule has 0 aromatic heterocycles. The Morgan fingerprint density at radius 1 is 1.75 bits per heavy atom. The van der Waals surface area contributed by atoms with Gasteiger partial charge in [-0.25, -0.2) is 4.79 Å². The average molecular weight is 126 g/mol. The summed E-state index contributed by atoms with van der Waals surface area (Å²) in [7, 11) is 0. The molecule has 1 aliphatic rings. The van der Waals surface area contributed by atoms with Gasteiger partial charge < -0.3 is 4.74 Å². The van der Waals surface area contributed by atoms with Crippen LogP contribution in [-0.2, 0) is 9.53 Å². The first kappa shape index (κ1) is 5.87. The number of cyclic esters (lactones) is 1. The highest BCUT2D eigenvalue weighted by Crippen LogP contribution is 2.10. The van der Waals surface area contributed by atoms with Gasteiger partial charge in [0, 0.05) is 0 Å². The predicted molar refractivity (Wildman–Crippen MR) is 32.2 cm³/mol. The van der Waals surface area contributed by atoms with Gasteiger partial charge in [0.25, 0.3) is 16.3 Å². The fourth-order valence-electron chi connectivity index (χ4n) is 0.565. The first-order valence-corrected chi connectivity index (χ1v) is 3.55.